The van der Waals surface area contributed by atoms with Gasteiger partial charge in [-0.25, -0.2) is 0 Å². The molecule has 0 aromatic heterocycles. The molecule has 1 saturated heterocycles. The summed E-state index contributed by atoms with van der Waals surface area (Å²) in [5.41, 5.74) is 5.48. The molecule has 0 amide bonds. The lowest BCUT2D eigenvalue weighted by Crippen LogP contribution is -2.52. The zero-order valence-electron chi connectivity index (χ0n) is 5.93. The van der Waals surface area contributed by atoms with Crippen LogP contribution in [0.4, 0.5) is 0 Å². The highest BCUT2D eigenvalue weighted by atomic mass is 15.2. The van der Waals surface area contributed by atoms with E-state index in [4.69, 9.17) is 5.73 Å². The first-order valence-electron chi connectivity index (χ1n) is 3.45. The summed E-state index contributed by atoms with van der Waals surface area (Å²) in [6.45, 7) is 4.08. The number of likely N-dealkylation sites (N-methyl/N-ethyl adjacent to an activating group) is 1. The second-order valence-corrected chi connectivity index (χ2v) is 2.65. The van der Waals surface area contributed by atoms with Gasteiger partial charge in [-0.15, -0.1) is 0 Å². The molecular weight excluding hydrogens is 114 g/mol. The maximum Gasteiger partial charge on any atom is 0.0318 e. The molecule has 3 N–H and O–H groups in total. The first kappa shape index (κ1) is 6.99. The van der Waals surface area contributed by atoms with Gasteiger partial charge in [0.25, 0.3) is 0 Å². The van der Waals surface area contributed by atoms with Gasteiger partial charge in [-0.3, -0.25) is 0 Å². The number of hydrogen-bond donors (Lipinski definition) is 2. The summed E-state index contributed by atoms with van der Waals surface area (Å²) in [4.78, 5) is 2.30. The first-order valence-corrected chi connectivity index (χ1v) is 3.45. The van der Waals surface area contributed by atoms with Crippen molar-refractivity contribution in [2.75, 3.05) is 33.2 Å². The fraction of sp³-hybridized carbons (Fsp3) is 1.00. The lowest BCUT2D eigenvalue weighted by molar-refractivity contribution is 0.242. The summed E-state index contributed by atoms with van der Waals surface area (Å²) in [5.74, 6) is 0. The minimum atomic E-state index is 0.517. The van der Waals surface area contributed by atoms with Gasteiger partial charge in [0.15, 0.2) is 0 Å². The van der Waals surface area contributed by atoms with Gasteiger partial charge in [0, 0.05) is 32.2 Å². The van der Waals surface area contributed by atoms with Crippen molar-refractivity contribution < 1.29 is 0 Å². The molecule has 3 nitrogen and oxygen atoms in total. The summed E-state index contributed by atoms with van der Waals surface area (Å²) < 4.78 is 0. The Hall–Kier alpha value is -0.120. The smallest absolute Gasteiger partial charge is 0.0318 e. The molecule has 0 bridgehead atoms. The third-order valence-electron chi connectivity index (χ3n) is 1.74. The molecule has 0 saturated carbocycles. The van der Waals surface area contributed by atoms with Crippen molar-refractivity contribution in [3.8, 4) is 0 Å². The molecule has 0 aliphatic carbocycles. The van der Waals surface area contributed by atoms with Gasteiger partial charge in [-0.1, -0.05) is 0 Å². The van der Waals surface area contributed by atoms with Crippen LogP contribution in [0.15, 0.2) is 0 Å². The van der Waals surface area contributed by atoms with E-state index in [1.165, 1.54) is 0 Å². The molecule has 1 unspecified atom stereocenters. The molecule has 0 radical (unpaired) electrons. The summed E-state index contributed by atoms with van der Waals surface area (Å²) in [7, 11) is 2.13. The molecule has 1 fully saturated rings. The number of rotatable bonds is 1. The summed E-state index contributed by atoms with van der Waals surface area (Å²) in [6, 6.07) is 0.517. The molecule has 0 spiro atoms. The average molecular weight is 129 g/mol. The molecule has 9 heavy (non-hydrogen) atoms. The van der Waals surface area contributed by atoms with Crippen LogP contribution in [0.2, 0.25) is 0 Å². The van der Waals surface area contributed by atoms with Gasteiger partial charge >= 0.3 is 0 Å². The quantitative estimate of drug-likeness (QED) is 0.469. The van der Waals surface area contributed by atoms with Gasteiger partial charge in [0.05, 0.1) is 0 Å². The Labute approximate surface area is 56.2 Å². The van der Waals surface area contributed by atoms with Crippen LogP contribution < -0.4 is 11.1 Å². The van der Waals surface area contributed by atoms with Gasteiger partial charge < -0.3 is 16.0 Å². The van der Waals surface area contributed by atoms with Crippen molar-refractivity contribution in [3.05, 3.63) is 0 Å². The number of piperazine rings is 1. The fourth-order valence-corrected chi connectivity index (χ4v) is 1.15. The minimum absolute atomic E-state index is 0.517. The maximum atomic E-state index is 5.48. The Morgan fingerprint density at radius 2 is 2.56 bits per heavy atom. The van der Waals surface area contributed by atoms with Crippen molar-refractivity contribution >= 4 is 0 Å². The van der Waals surface area contributed by atoms with Crippen LogP contribution >= 0.6 is 0 Å². The average Bonchev–Trinajstić information content (AvgIpc) is 1.88. The monoisotopic (exact) mass is 129 g/mol. The van der Waals surface area contributed by atoms with E-state index in [0.29, 0.717) is 6.04 Å². The van der Waals surface area contributed by atoms with Crippen LogP contribution in [0, 0.1) is 0 Å². The van der Waals surface area contributed by atoms with Crippen molar-refractivity contribution in [3.63, 3.8) is 0 Å². The summed E-state index contributed by atoms with van der Waals surface area (Å²) in [6.07, 6.45) is 0. The normalized spacial score (nSPS) is 30.7. The van der Waals surface area contributed by atoms with Gasteiger partial charge in [-0.2, -0.15) is 0 Å². The number of nitrogens with zero attached hydrogens (tertiary/aromatic N) is 1. The predicted molar refractivity (Wildman–Crippen MR) is 38.3 cm³/mol. The van der Waals surface area contributed by atoms with Gasteiger partial charge in [-0.05, 0) is 7.05 Å². The molecule has 54 valence electrons. The first-order chi connectivity index (χ1) is 4.33. The third kappa shape index (κ3) is 1.93. The van der Waals surface area contributed by atoms with E-state index in [1.54, 1.807) is 0 Å². The van der Waals surface area contributed by atoms with E-state index < -0.39 is 0 Å². The number of nitrogens with two attached hydrogens (primary N) is 1. The number of nitrogens with one attached hydrogen (secondary N) is 1. The van der Waals surface area contributed by atoms with E-state index in [-0.39, 0.29) is 0 Å². The minimum Gasteiger partial charge on any atom is -0.329 e. The Bertz CT molecular complexity index is 84.4. The highest BCUT2D eigenvalue weighted by molar-refractivity contribution is 4.76. The Balaban J connectivity index is 2.23. The van der Waals surface area contributed by atoms with E-state index >= 15 is 0 Å². The highest BCUT2D eigenvalue weighted by Crippen LogP contribution is 1.92. The van der Waals surface area contributed by atoms with Crippen LogP contribution in [0.25, 0.3) is 0 Å². The van der Waals surface area contributed by atoms with Crippen molar-refractivity contribution in [2.45, 2.75) is 6.04 Å². The number of hydrogen-bond acceptors (Lipinski definition) is 3. The maximum absolute atomic E-state index is 5.48. The van der Waals surface area contributed by atoms with Crippen molar-refractivity contribution in [1.82, 2.24) is 10.2 Å². The summed E-state index contributed by atoms with van der Waals surface area (Å²) >= 11 is 0. The van der Waals surface area contributed by atoms with E-state index in [0.717, 1.165) is 26.2 Å². The van der Waals surface area contributed by atoms with Crippen molar-refractivity contribution in [1.29, 1.82) is 0 Å². The highest BCUT2D eigenvalue weighted by Gasteiger charge is 2.13. The van der Waals surface area contributed by atoms with Crippen molar-refractivity contribution in [2.24, 2.45) is 5.73 Å². The SMILES string of the molecule is CN1CCNC(CN)C1. The van der Waals surface area contributed by atoms with Gasteiger partial charge in [0.1, 0.15) is 0 Å². The lowest BCUT2D eigenvalue weighted by atomic mass is 10.2. The van der Waals surface area contributed by atoms with E-state index in [2.05, 4.69) is 17.3 Å². The Kier molecular flexibility index (Phi) is 2.45. The summed E-state index contributed by atoms with van der Waals surface area (Å²) in [5, 5.41) is 3.33. The molecular formula is C6H15N3. The van der Waals surface area contributed by atoms with Crippen LogP contribution in [0.3, 0.4) is 0 Å². The fourth-order valence-electron chi connectivity index (χ4n) is 1.15. The standard InChI is InChI=1S/C6H15N3/c1-9-3-2-8-6(4-7)5-9/h6,8H,2-5,7H2,1H3. The van der Waals surface area contributed by atoms with Crippen LogP contribution in [0.1, 0.15) is 0 Å². The van der Waals surface area contributed by atoms with Crippen LogP contribution in [0.5, 0.6) is 0 Å². The second-order valence-electron chi connectivity index (χ2n) is 2.65. The van der Waals surface area contributed by atoms with Gasteiger partial charge in [0.2, 0.25) is 0 Å². The zero-order chi connectivity index (χ0) is 6.69. The van der Waals surface area contributed by atoms with E-state index in [1.807, 2.05) is 0 Å². The zero-order valence-corrected chi connectivity index (χ0v) is 5.93. The van der Waals surface area contributed by atoms with Crippen LogP contribution in [-0.4, -0.2) is 44.2 Å². The molecule has 0 aromatic carbocycles. The molecule has 3 heteroatoms. The molecule has 1 aliphatic heterocycles. The Morgan fingerprint density at radius 1 is 1.78 bits per heavy atom. The molecule has 0 aromatic rings. The molecule has 1 rings (SSSR count). The van der Waals surface area contributed by atoms with Crippen LogP contribution in [-0.2, 0) is 0 Å². The predicted octanol–water partition coefficient (Wildman–Crippen LogP) is -1.15. The van der Waals surface area contributed by atoms with E-state index in [9.17, 15) is 0 Å². The third-order valence-corrected chi connectivity index (χ3v) is 1.74. The molecule has 1 heterocycles. The largest absolute Gasteiger partial charge is 0.329 e. The molecule has 1 atom stereocenters. The molecule has 1 aliphatic rings. The topological polar surface area (TPSA) is 41.3 Å². The lowest BCUT2D eigenvalue weighted by Gasteiger charge is -2.29. The second kappa shape index (κ2) is 3.15. The Morgan fingerprint density at radius 3 is 3.00 bits per heavy atom.